The molecular weight excluding hydrogens is 284 g/mol. The zero-order valence-electron chi connectivity index (χ0n) is 13.8. The molecule has 0 saturated heterocycles. The molecule has 0 unspecified atom stereocenters. The van der Waals surface area contributed by atoms with Gasteiger partial charge in [-0.15, -0.1) is 0 Å². The molecular formula is C20H24N2O. The van der Waals surface area contributed by atoms with E-state index in [-0.39, 0.29) is 5.41 Å². The van der Waals surface area contributed by atoms with Crippen LogP contribution in [0, 0.1) is 24.7 Å². The lowest BCUT2D eigenvalue weighted by Crippen LogP contribution is -2.48. The van der Waals surface area contributed by atoms with Crippen molar-refractivity contribution in [2.24, 2.45) is 17.8 Å². The summed E-state index contributed by atoms with van der Waals surface area (Å²) in [5.41, 5.74) is 2.76. The summed E-state index contributed by atoms with van der Waals surface area (Å²) in [6, 6.07) is 8.62. The molecule has 2 aromatic rings. The van der Waals surface area contributed by atoms with Gasteiger partial charge in [-0.2, -0.15) is 4.98 Å². The molecule has 4 saturated carbocycles. The molecule has 3 nitrogen and oxygen atoms in total. The second-order valence-electron chi connectivity index (χ2n) is 8.38. The van der Waals surface area contributed by atoms with Gasteiger partial charge >= 0.3 is 0 Å². The lowest BCUT2D eigenvalue weighted by Gasteiger charge is -2.55. The summed E-state index contributed by atoms with van der Waals surface area (Å²) in [6.07, 6.45) is 8.97. The SMILES string of the molecule is Cc1ccc(Cc2noc(C34CC5CC(CC(C5)C3)C4)n2)cc1. The van der Waals surface area contributed by atoms with Crippen LogP contribution in [0.15, 0.2) is 28.8 Å². The first-order valence-corrected chi connectivity index (χ1v) is 9.07. The molecule has 0 aliphatic heterocycles. The predicted molar refractivity (Wildman–Crippen MR) is 88.1 cm³/mol. The van der Waals surface area contributed by atoms with Crippen LogP contribution in [-0.2, 0) is 11.8 Å². The molecule has 4 fully saturated rings. The summed E-state index contributed by atoms with van der Waals surface area (Å²) in [7, 11) is 0. The second-order valence-corrected chi connectivity index (χ2v) is 8.38. The minimum Gasteiger partial charge on any atom is -0.339 e. The maximum atomic E-state index is 5.78. The van der Waals surface area contributed by atoms with E-state index in [4.69, 9.17) is 9.51 Å². The Morgan fingerprint density at radius 2 is 1.61 bits per heavy atom. The summed E-state index contributed by atoms with van der Waals surface area (Å²) < 4.78 is 5.78. The van der Waals surface area contributed by atoms with Crippen molar-refractivity contribution in [3.05, 3.63) is 47.1 Å². The van der Waals surface area contributed by atoms with Crippen LogP contribution in [0.1, 0.15) is 61.4 Å². The summed E-state index contributed by atoms with van der Waals surface area (Å²) in [4.78, 5) is 4.84. The van der Waals surface area contributed by atoms with Gasteiger partial charge in [-0.1, -0.05) is 35.0 Å². The summed E-state index contributed by atoms with van der Waals surface area (Å²) in [5.74, 6) is 4.52. The molecule has 23 heavy (non-hydrogen) atoms. The standard InChI is InChI=1S/C20H24N2O/c1-13-2-4-14(5-3-13)9-18-21-19(23-22-18)20-10-15-6-16(11-20)8-17(7-15)12-20/h2-5,15-17H,6-12H2,1H3. The van der Waals surface area contributed by atoms with Gasteiger partial charge < -0.3 is 4.52 Å². The minimum absolute atomic E-state index is 0.216. The van der Waals surface area contributed by atoms with E-state index in [1.807, 2.05) is 0 Å². The minimum atomic E-state index is 0.216. The first kappa shape index (κ1) is 13.8. The van der Waals surface area contributed by atoms with E-state index in [1.54, 1.807) is 0 Å². The molecule has 0 N–H and O–H groups in total. The van der Waals surface area contributed by atoms with Gasteiger partial charge in [0.15, 0.2) is 5.82 Å². The summed E-state index contributed by atoms with van der Waals surface area (Å²) >= 11 is 0. The largest absolute Gasteiger partial charge is 0.339 e. The van der Waals surface area contributed by atoms with Gasteiger partial charge in [-0.05, 0) is 68.8 Å². The van der Waals surface area contributed by atoms with Crippen LogP contribution in [-0.4, -0.2) is 10.1 Å². The average molecular weight is 308 g/mol. The lowest BCUT2D eigenvalue weighted by atomic mass is 9.49. The van der Waals surface area contributed by atoms with Crippen LogP contribution < -0.4 is 0 Å². The molecule has 1 aromatic heterocycles. The van der Waals surface area contributed by atoms with Crippen LogP contribution in [0.2, 0.25) is 0 Å². The number of hydrogen-bond donors (Lipinski definition) is 0. The van der Waals surface area contributed by atoms with Crippen LogP contribution in [0.5, 0.6) is 0 Å². The molecule has 4 aliphatic rings. The van der Waals surface area contributed by atoms with Gasteiger partial charge in [0, 0.05) is 6.42 Å². The van der Waals surface area contributed by atoms with Crippen LogP contribution >= 0.6 is 0 Å². The molecule has 0 amide bonds. The highest BCUT2D eigenvalue weighted by molar-refractivity contribution is 5.24. The lowest BCUT2D eigenvalue weighted by molar-refractivity contribution is -0.0201. The number of hydrogen-bond acceptors (Lipinski definition) is 3. The number of nitrogens with zero attached hydrogens (tertiary/aromatic N) is 2. The zero-order valence-corrected chi connectivity index (χ0v) is 13.8. The predicted octanol–water partition coefficient (Wildman–Crippen LogP) is 4.44. The van der Waals surface area contributed by atoms with E-state index in [2.05, 4.69) is 36.3 Å². The Balaban J connectivity index is 1.40. The third-order valence-corrected chi connectivity index (χ3v) is 6.44. The van der Waals surface area contributed by atoms with Crippen molar-refractivity contribution in [3.63, 3.8) is 0 Å². The molecule has 4 bridgehead atoms. The van der Waals surface area contributed by atoms with Gasteiger partial charge in [-0.3, -0.25) is 0 Å². The molecule has 0 radical (unpaired) electrons. The Hall–Kier alpha value is -1.64. The van der Waals surface area contributed by atoms with E-state index < -0.39 is 0 Å². The fourth-order valence-corrected chi connectivity index (χ4v) is 5.80. The Kier molecular flexibility index (Phi) is 2.95. The molecule has 3 heteroatoms. The van der Waals surface area contributed by atoms with Gasteiger partial charge in [-0.25, -0.2) is 0 Å². The van der Waals surface area contributed by atoms with Crippen molar-refractivity contribution in [3.8, 4) is 0 Å². The van der Waals surface area contributed by atoms with E-state index >= 15 is 0 Å². The molecule has 1 heterocycles. The van der Waals surface area contributed by atoms with Crippen LogP contribution in [0.25, 0.3) is 0 Å². The highest BCUT2D eigenvalue weighted by Gasteiger charge is 2.54. The van der Waals surface area contributed by atoms with Crippen molar-refractivity contribution < 1.29 is 4.52 Å². The van der Waals surface area contributed by atoms with Crippen molar-refractivity contribution in [2.45, 2.75) is 57.3 Å². The number of benzene rings is 1. The fourth-order valence-electron chi connectivity index (χ4n) is 5.80. The van der Waals surface area contributed by atoms with Gasteiger partial charge in [0.25, 0.3) is 0 Å². The monoisotopic (exact) mass is 308 g/mol. The number of aromatic nitrogens is 2. The normalized spacial score (nSPS) is 34.9. The smallest absolute Gasteiger partial charge is 0.232 e. The molecule has 0 atom stereocenters. The Morgan fingerprint density at radius 3 is 2.22 bits per heavy atom. The van der Waals surface area contributed by atoms with Gasteiger partial charge in [0.1, 0.15) is 0 Å². The van der Waals surface area contributed by atoms with Crippen LogP contribution in [0.3, 0.4) is 0 Å². The number of rotatable bonds is 3. The fraction of sp³-hybridized carbons (Fsp3) is 0.600. The van der Waals surface area contributed by atoms with E-state index in [1.165, 1.54) is 49.7 Å². The highest BCUT2D eigenvalue weighted by atomic mass is 16.5. The Morgan fingerprint density at radius 1 is 1.00 bits per heavy atom. The first-order chi connectivity index (χ1) is 11.2. The van der Waals surface area contributed by atoms with Crippen molar-refractivity contribution in [2.75, 3.05) is 0 Å². The van der Waals surface area contributed by atoms with Crippen molar-refractivity contribution in [1.82, 2.24) is 10.1 Å². The average Bonchev–Trinajstić information content (AvgIpc) is 2.98. The molecule has 120 valence electrons. The topological polar surface area (TPSA) is 38.9 Å². The number of aryl methyl sites for hydroxylation is 1. The molecule has 4 aliphatic carbocycles. The quantitative estimate of drug-likeness (QED) is 0.841. The molecule has 6 rings (SSSR count). The van der Waals surface area contributed by atoms with Crippen molar-refractivity contribution >= 4 is 0 Å². The maximum absolute atomic E-state index is 5.78. The highest BCUT2D eigenvalue weighted by Crippen LogP contribution is 2.60. The van der Waals surface area contributed by atoms with Gasteiger partial charge in [0.05, 0.1) is 5.41 Å². The van der Waals surface area contributed by atoms with E-state index in [0.717, 1.165) is 35.9 Å². The van der Waals surface area contributed by atoms with Crippen LogP contribution in [0.4, 0.5) is 0 Å². The third-order valence-electron chi connectivity index (χ3n) is 6.44. The van der Waals surface area contributed by atoms with Gasteiger partial charge in [0.2, 0.25) is 5.89 Å². The van der Waals surface area contributed by atoms with E-state index in [9.17, 15) is 0 Å². The maximum Gasteiger partial charge on any atom is 0.232 e. The summed E-state index contributed by atoms with van der Waals surface area (Å²) in [5, 5.41) is 4.30. The molecule has 1 aromatic carbocycles. The summed E-state index contributed by atoms with van der Waals surface area (Å²) in [6.45, 7) is 2.11. The van der Waals surface area contributed by atoms with Crippen molar-refractivity contribution in [1.29, 1.82) is 0 Å². The van der Waals surface area contributed by atoms with E-state index in [0.29, 0.717) is 0 Å². The third kappa shape index (κ3) is 2.32. The zero-order chi connectivity index (χ0) is 15.4. The second kappa shape index (κ2) is 4.93. The first-order valence-electron chi connectivity index (χ1n) is 9.07. The Labute approximate surface area is 137 Å². The Bertz CT molecular complexity index is 680. The molecule has 0 spiro atoms.